The molecule has 0 amide bonds. The highest BCUT2D eigenvalue weighted by Crippen LogP contribution is 1.99. The van der Waals surface area contributed by atoms with Gasteiger partial charge in [0.25, 0.3) is 0 Å². The third-order valence-electron chi connectivity index (χ3n) is 1.61. The molecule has 0 saturated heterocycles. The van der Waals surface area contributed by atoms with E-state index in [4.69, 9.17) is 0 Å². The third kappa shape index (κ3) is 3.34. The summed E-state index contributed by atoms with van der Waals surface area (Å²) in [6.07, 6.45) is 5.23. The van der Waals surface area contributed by atoms with E-state index in [9.17, 15) is 4.79 Å². The molecule has 6 heteroatoms. The lowest BCUT2D eigenvalue weighted by Gasteiger charge is -1.87. The topological polar surface area (TPSA) is 80.8 Å². The standard InChI is InChI=1S/C5H4N4.C4H8O2/c1-4-5(8-2-6-1)9-3-7-4;1-3-4(5)6-2/h1-3H,(H,6,7,8,9);3H2,1-2H3. The number of aromatic amines is 1. The van der Waals surface area contributed by atoms with E-state index in [1.165, 1.54) is 13.4 Å². The van der Waals surface area contributed by atoms with Gasteiger partial charge < -0.3 is 9.72 Å². The molecule has 0 atom stereocenters. The van der Waals surface area contributed by atoms with E-state index in [1.54, 1.807) is 19.4 Å². The van der Waals surface area contributed by atoms with Crippen molar-refractivity contribution in [2.45, 2.75) is 13.3 Å². The van der Waals surface area contributed by atoms with Gasteiger partial charge in [-0.2, -0.15) is 0 Å². The second-order valence-electron chi connectivity index (χ2n) is 2.59. The minimum absolute atomic E-state index is 0.157. The molecule has 1 N–H and O–H groups in total. The van der Waals surface area contributed by atoms with E-state index in [1.807, 2.05) is 0 Å². The van der Waals surface area contributed by atoms with Crippen LogP contribution < -0.4 is 0 Å². The van der Waals surface area contributed by atoms with E-state index in [0.29, 0.717) is 12.1 Å². The van der Waals surface area contributed by atoms with Gasteiger partial charge in [-0.1, -0.05) is 6.92 Å². The number of rotatable bonds is 1. The normalized spacial score (nSPS) is 9.20. The highest BCUT2D eigenvalue weighted by atomic mass is 16.5. The minimum Gasteiger partial charge on any atom is -0.469 e. The second kappa shape index (κ2) is 5.69. The molecule has 0 spiro atoms. The lowest BCUT2D eigenvalue weighted by Crippen LogP contribution is -1.94. The number of esters is 1. The molecule has 0 aliphatic rings. The quantitative estimate of drug-likeness (QED) is 0.705. The maximum atomic E-state index is 9.96. The van der Waals surface area contributed by atoms with Gasteiger partial charge in [-0.25, -0.2) is 15.0 Å². The van der Waals surface area contributed by atoms with Crippen LogP contribution >= 0.6 is 0 Å². The van der Waals surface area contributed by atoms with Gasteiger partial charge in [-0.15, -0.1) is 0 Å². The number of H-pyrrole nitrogens is 1. The van der Waals surface area contributed by atoms with Crippen molar-refractivity contribution in [3.05, 3.63) is 18.9 Å². The molecule has 15 heavy (non-hydrogen) atoms. The molecule has 0 radical (unpaired) electrons. The van der Waals surface area contributed by atoms with Crippen LogP contribution in [0.15, 0.2) is 18.9 Å². The molecule has 2 rings (SSSR count). The largest absolute Gasteiger partial charge is 0.469 e. The predicted molar refractivity (Wildman–Crippen MR) is 54.0 cm³/mol. The molecule has 0 unspecified atom stereocenters. The Morgan fingerprint density at radius 3 is 2.87 bits per heavy atom. The van der Waals surface area contributed by atoms with Crippen molar-refractivity contribution in [3.63, 3.8) is 0 Å². The summed E-state index contributed by atoms with van der Waals surface area (Å²) in [6.45, 7) is 1.76. The number of carbonyl (C=O) groups is 1. The van der Waals surface area contributed by atoms with Gasteiger partial charge in [-0.3, -0.25) is 4.79 Å². The average Bonchev–Trinajstić information content (AvgIpc) is 2.76. The highest BCUT2D eigenvalue weighted by molar-refractivity contribution is 5.68. The first-order valence-electron chi connectivity index (χ1n) is 4.43. The molecule has 0 fully saturated rings. The van der Waals surface area contributed by atoms with Crippen LogP contribution in [0, 0.1) is 0 Å². The molecular formula is C9H12N4O2. The fraction of sp³-hybridized carbons (Fsp3) is 0.333. The summed E-state index contributed by atoms with van der Waals surface area (Å²) in [6, 6.07) is 0. The van der Waals surface area contributed by atoms with Gasteiger partial charge in [0.1, 0.15) is 11.8 Å². The van der Waals surface area contributed by atoms with Gasteiger partial charge in [-0.05, 0) is 0 Å². The van der Waals surface area contributed by atoms with Crippen LogP contribution in [0.3, 0.4) is 0 Å². The summed E-state index contributed by atoms with van der Waals surface area (Å²) >= 11 is 0. The van der Waals surface area contributed by atoms with Crippen LogP contribution in [0.1, 0.15) is 13.3 Å². The molecule has 2 aromatic rings. The zero-order chi connectivity index (χ0) is 11.1. The summed E-state index contributed by atoms with van der Waals surface area (Å²) in [5, 5.41) is 0. The average molecular weight is 208 g/mol. The smallest absolute Gasteiger partial charge is 0.305 e. The predicted octanol–water partition coefficient (Wildman–Crippen LogP) is 0.922. The molecule has 2 aromatic heterocycles. The number of nitrogens with zero attached hydrogens (tertiary/aromatic N) is 3. The number of carbonyl (C=O) groups excluding carboxylic acids is 1. The van der Waals surface area contributed by atoms with E-state index in [-0.39, 0.29) is 5.97 Å². The fourth-order valence-corrected chi connectivity index (χ4v) is 0.835. The molecule has 0 aromatic carbocycles. The Balaban J connectivity index is 0.000000167. The number of methoxy groups -OCH3 is 1. The summed E-state index contributed by atoms with van der Waals surface area (Å²) in [5.74, 6) is -0.157. The van der Waals surface area contributed by atoms with Crippen molar-refractivity contribution in [2.24, 2.45) is 0 Å². The Labute approximate surface area is 86.7 Å². The van der Waals surface area contributed by atoms with E-state index >= 15 is 0 Å². The molecule has 0 aliphatic carbocycles. The number of nitrogens with one attached hydrogen (secondary N) is 1. The third-order valence-corrected chi connectivity index (χ3v) is 1.61. The summed E-state index contributed by atoms with van der Waals surface area (Å²) in [7, 11) is 1.38. The maximum Gasteiger partial charge on any atom is 0.305 e. The Kier molecular flexibility index (Phi) is 4.21. The monoisotopic (exact) mass is 208 g/mol. The second-order valence-corrected chi connectivity index (χ2v) is 2.59. The zero-order valence-electron chi connectivity index (χ0n) is 8.60. The van der Waals surface area contributed by atoms with E-state index < -0.39 is 0 Å². The fourth-order valence-electron chi connectivity index (χ4n) is 0.835. The molecule has 80 valence electrons. The molecule has 6 nitrogen and oxygen atoms in total. The van der Waals surface area contributed by atoms with Crippen molar-refractivity contribution in [2.75, 3.05) is 7.11 Å². The first kappa shape index (κ1) is 11.1. The van der Waals surface area contributed by atoms with Crippen molar-refractivity contribution >= 4 is 17.1 Å². The van der Waals surface area contributed by atoms with Crippen LogP contribution in [0.4, 0.5) is 0 Å². The molecule has 0 aliphatic heterocycles. The number of fused-ring (bicyclic) bond motifs is 1. The van der Waals surface area contributed by atoms with Crippen molar-refractivity contribution < 1.29 is 9.53 Å². The molecule has 2 heterocycles. The highest BCUT2D eigenvalue weighted by Gasteiger charge is 1.91. The van der Waals surface area contributed by atoms with Crippen molar-refractivity contribution in [1.29, 1.82) is 0 Å². The first-order chi connectivity index (χ1) is 7.27. The van der Waals surface area contributed by atoms with Gasteiger partial charge in [0.2, 0.25) is 0 Å². The van der Waals surface area contributed by atoms with Crippen molar-refractivity contribution in [1.82, 2.24) is 19.9 Å². The van der Waals surface area contributed by atoms with E-state index in [0.717, 1.165) is 5.52 Å². The Bertz CT molecular complexity index is 390. The van der Waals surface area contributed by atoms with Gasteiger partial charge in [0.15, 0.2) is 5.65 Å². The van der Waals surface area contributed by atoms with Gasteiger partial charge in [0, 0.05) is 6.42 Å². The van der Waals surface area contributed by atoms with Crippen LogP contribution in [0.2, 0.25) is 0 Å². The van der Waals surface area contributed by atoms with Crippen LogP contribution in [-0.4, -0.2) is 33.0 Å². The Morgan fingerprint density at radius 2 is 2.33 bits per heavy atom. The number of hydrogen-bond donors (Lipinski definition) is 1. The molecule has 0 saturated carbocycles. The number of hydrogen-bond acceptors (Lipinski definition) is 5. The van der Waals surface area contributed by atoms with Gasteiger partial charge in [0.05, 0.1) is 19.6 Å². The van der Waals surface area contributed by atoms with Crippen LogP contribution in [0.25, 0.3) is 11.2 Å². The zero-order valence-corrected chi connectivity index (χ0v) is 8.60. The van der Waals surface area contributed by atoms with Crippen LogP contribution in [0.5, 0.6) is 0 Å². The Hall–Kier alpha value is -1.98. The number of ether oxygens (including phenoxy) is 1. The Morgan fingerprint density at radius 1 is 1.53 bits per heavy atom. The summed E-state index contributed by atoms with van der Waals surface area (Å²) < 4.78 is 4.26. The van der Waals surface area contributed by atoms with Crippen LogP contribution in [-0.2, 0) is 9.53 Å². The SMILES string of the molecule is CCC(=O)OC.c1ncc2[nH]cnc2n1. The van der Waals surface area contributed by atoms with Crippen molar-refractivity contribution in [3.8, 4) is 0 Å². The molecule has 0 bridgehead atoms. The molecular weight excluding hydrogens is 196 g/mol. The lowest BCUT2D eigenvalue weighted by molar-refractivity contribution is -0.140. The number of imidazole rings is 1. The number of aromatic nitrogens is 4. The first-order valence-corrected chi connectivity index (χ1v) is 4.43. The summed E-state index contributed by atoms with van der Waals surface area (Å²) in [4.78, 5) is 24.4. The summed E-state index contributed by atoms with van der Waals surface area (Å²) in [5.41, 5.74) is 1.59. The lowest BCUT2D eigenvalue weighted by atomic mass is 10.5. The maximum absolute atomic E-state index is 9.96. The van der Waals surface area contributed by atoms with E-state index in [2.05, 4.69) is 24.7 Å². The van der Waals surface area contributed by atoms with Gasteiger partial charge >= 0.3 is 5.97 Å². The minimum atomic E-state index is -0.157.